The van der Waals surface area contributed by atoms with Crippen molar-refractivity contribution in [2.75, 3.05) is 40.5 Å². The Labute approximate surface area is 149 Å². The van der Waals surface area contributed by atoms with Gasteiger partial charge in [0.05, 0.1) is 6.54 Å². The predicted molar refractivity (Wildman–Crippen MR) is 96.9 cm³/mol. The van der Waals surface area contributed by atoms with E-state index in [2.05, 4.69) is 20.6 Å². The van der Waals surface area contributed by atoms with Gasteiger partial charge in [-0.05, 0) is 36.8 Å². The average Bonchev–Trinajstić information content (AvgIpc) is 2.56. The summed E-state index contributed by atoms with van der Waals surface area (Å²) >= 11 is 6.00. The molecule has 134 valence electrons. The standard InChI is InChI=1S/C17H27ClN4O2/c1-19-16(22-13-17(6-4-7-17)8-11-23-2)21-10-12-24-15-14(18)5-3-9-20-15/h3,5,9H,4,6-8,10-13H2,1-2H3,(H2,19,21,22). The number of methoxy groups -OCH3 is 1. The summed E-state index contributed by atoms with van der Waals surface area (Å²) in [6.45, 7) is 2.82. The van der Waals surface area contributed by atoms with E-state index < -0.39 is 0 Å². The van der Waals surface area contributed by atoms with Gasteiger partial charge in [-0.15, -0.1) is 0 Å². The van der Waals surface area contributed by atoms with Crippen LogP contribution in [-0.4, -0.2) is 51.4 Å². The number of nitrogens with one attached hydrogen (secondary N) is 2. The van der Waals surface area contributed by atoms with Crippen LogP contribution < -0.4 is 15.4 Å². The number of rotatable bonds is 9. The number of guanidine groups is 1. The van der Waals surface area contributed by atoms with Crippen molar-refractivity contribution in [1.82, 2.24) is 15.6 Å². The third kappa shape index (κ3) is 5.53. The molecule has 1 aliphatic rings. The molecule has 2 rings (SSSR count). The molecule has 0 saturated heterocycles. The molecule has 1 fully saturated rings. The van der Waals surface area contributed by atoms with Crippen molar-refractivity contribution < 1.29 is 9.47 Å². The van der Waals surface area contributed by atoms with Gasteiger partial charge < -0.3 is 20.1 Å². The van der Waals surface area contributed by atoms with Gasteiger partial charge in [-0.25, -0.2) is 4.98 Å². The van der Waals surface area contributed by atoms with Crippen LogP contribution >= 0.6 is 11.6 Å². The minimum absolute atomic E-state index is 0.353. The van der Waals surface area contributed by atoms with Crippen molar-refractivity contribution >= 4 is 17.6 Å². The zero-order valence-corrected chi connectivity index (χ0v) is 15.2. The molecule has 0 unspecified atom stereocenters. The third-order valence-electron chi connectivity index (χ3n) is 4.46. The van der Waals surface area contributed by atoms with Gasteiger partial charge in [0.25, 0.3) is 0 Å². The summed E-state index contributed by atoms with van der Waals surface area (Å²) in [6, 6.07) is 3.54. The van der Waals surface area contributed by atoms with Crippen LogP contribution in [0.3, 0.4) is 0 Å². The zero-order chi connectivity index (χ0) is 17.3. The maximum Gasteiger partial charge on any atom is 0.232 e. The second kappa shape index (κ2) is 9.69. The monoisotopic (exact) mass is 354 g/mol. The molecule has 0 atom stereocenters. The fraction of sp³-hybridized carbons (Fsp3) is 0.647. The highest BCUT2D eigenvalue weighted by Crippen LogP contribution is 2.43. The van der Waals surface area contributed by atoms with Gasteiger partial charge in [-0.2, -0.15) is 0 Å². The van der Waals surface area contributed by atoms with Crippen LogP contribution in [0, 0.1) is 5.41 Å². The Morgan fingerprint density at radius 2 is 2.21 bits per heavy atom. The van der Waals surface area contributed by atoms with Gasteiger partial charge >= 0.3 is 0 Å². The van der Waals surface area contributed by atoms with Crippen LogP contribution in [0.2, 0.25) is 5.02 Å². The second-order valence-corrected chi connectivity index (χ2v) is 6.49. The SMILES string of the molecule is CN=C(NCCOc1ncccc1Cl)NCC1(CCOC)CCC1. The fourth-order valence-corrected chi connectivity index (χ4v) is 2.97. The van der Waals surface area contributed by atoms with Crippen LogP contribution in [0.15, 0.2) is 23.3 Å². The van der Waals surface area contributed by atoms with Crippen LogP contribution in [-0.2, 0) is 4.74 Å². The Balaban J connectivity index is 1.68. The second-order valence-electron chi connectivity index (χ2n) is 6.09. The van der Waals surface area contributed by atoms with E-state index in [4.69, 9.17) is 21.1 Å². The van der Waals surface area contributed by atoms with Crippen LogP contribution in [0.4, 0.5) is 0 Å². The topological polar surface area (TPSA) is 67.8 Å². The lowest BCUT2D eigenvalue weighted by Crippen LogP contribution is -2.47. The first-order chi connectivity index (χ1) is 11.7. The summed E-state index contributed by atoms with van der Waals surface area (Å²) in [5.74, 6) is 1.24. The van der Waals surface area contributed by atoms with Crippen LogP contribution in [0.5, 0.6) is 5.88 Å². The average molecular weight is 355 g/mol. The summed E-state index contributed by atoms with van der Waals surface area (Å²) in [4.78, 5) is 8.35. The Kier molecular flexibility index (Phi) is 7.59. The maximum atomic E-state index is 6.00. The Morgan fingerprint density at radius 1 is 1.38 bits per heavy atom. The first-order valence-corrected chi connectivity index (χ1v) is 8.74. The molecule has 0 spiro atoms. The van der Waals surface area contributed by atoms with Crippen molar-refractivity contribution in [2.24, 2.45) is 10.4 Å². The molecule has 0 aliphatic heterocycles. The third-order valence-corrected chi connectivity index (χ3v) is 4.75. The predicted octanol–water partition coefficient (Wildman–Crippen LogP) is 2.49. The van der Waals surface area contributed by atoms with Crippen molar-refractivity contribution in [3.63, 3.8) is 0 Å². The molecule has 0 aromatic carbocycles. The summed E-state index contributed by atoms with van der Waals surface area (Å²) < 4.78 is 10.8. The minimum Gasteiger partial charge on any atom is -0.475 e. The minimum atomic E-state index is 0.353. The Morgan fingerprint density at radius 3 is 2.83 bits per heavy atom. The lowest BCUT2D eigenvalue weighted by atomic mass is 9.67. The summed E-state index contributed by atoms with van der Waals surface area (Å²) in [5, 5.41) is 7.18. The highest BCUT2D eigenvalue weighted by atomic mass is 35.5. The van der Waals surface area contributed by atoms with Crippen LogP contribution in [0.1, 0.15) is 25.7 Å². The van der Waals surface area contributed by atoms with E-state index in [1.165, 1.54) is 19.3 Å². The zero-order valence-electron chi connectivity index (χ0n) is 14.5. The summed E-state index contributed by atoms with van der Waals surface area (Å²) in [6.07, 6.45) is 6.56. The molecule has 1 aromatic rings. The first kappa shape index (κ1) is 18.8. The van der Waals surface area contributed by atoms with Crippen molar-refractivity contribution in [3.8, 4) is 5.88 Å². The Bertz CT molecular complexity index is 535. The molecule has 6 nitrogen and oxygen atoms in total. The van der Waals surface area contributed by atoms with Gasteiger partial charge in [0.15, 0.2) is 5.96 Å². The number of halogens is 1. The van der Waals surface area contributed by atoms with Crippen molar-refractivity contribution in [3.05, 3.63) is 23.4 Å². The molecule has 1 aliphatic carbocycles. The van der Waals surface area contributed by atoms with E-state index in [-0.39, 0.29) is 0 Å². The van der Waals surface area contributed by atoms with E-state index >= 15 is 0 Å². The van der Waals surface area contributed by atoms with E-state index in [1.54, 1.807) is 32.5 Å². The molecule has 7 heteroatoms. The normalized spacial score (nSPS) is 16.4. The summed E-state index contributed by atoms with van der Waals surface area (Å²) in [7, 11) is 3.53. The number of pyridine rings is 1. The number of hydrogen-bond donors (Lipinski definition) is 2. The number of aliphatic imine (C=N–C) groups is 1. The van der Waals surface area contributed by atoms with Gasteiger partial charge in [-0.3, -0.25) is 4.99 Å². The van der Waals surface area contributed by atoms with Gasteiger partial charge in [0.2, 0.25) is 5.88 Å². The van der Waals surface area contributed by atoms with E-state index in [1.807, 2.05) is 0 Å². The smallest absolute Gasteiger partial charge is 0.232 e. The highest BCUT2D eigenvalue weighted by molar-refractivity contribution is 6.31. The Hall–Kier alpha value is -1.53. The molecule has 0 bridgehead atoms. The first-order valence-electron chi connectivity index (χ1n) is 8.36. The number of ether oxygens (including phenoxy) is 2. The van der Waals surface area contributed by atoms with Crippen molar-refractivity contribution in [2.45, 2.75) is 25.7 Å². The van der Waals surface area contributed by atoms with Gasteiger partial charge in [0.1, 0.15) is 11.6 Å². The molecule has 2 N–H and O–H groups in total. The molecular weight excluding hydrogens is 328 g/mol. The summed E-state index contributed by atoms with van der Waals surface area (Å²) in [5.41, 5.74) is 0.353. The molecule has 1 aromatic heterocycles. The van der Waals surface area contributed by atoms with Gasteiger partial charge in [-0.1, -0.05) is 18.0 Å². The maximum absolute atomic E-state index is 6.00. The molecule has 24 heavy (non-hydrogen) atoms. The lowest BCUT2D eigenvalue weighted by Gasteiger charge is -2.42. The molecule has 1 heterocycles. The van der Waals surface area contributed by atoms with Crippen molar-refractivity contribution in [1.29, 1.82) is 0 Å². The number of aromatic nitrogens is 1. The highest BCUT2D eigenvalue weighted by Gasteiger charge is 2.36. The van der Waals surface area contributed by atoms with Gasteiger partial charge in [0, 0.05) is 33.5 Å². The van der Waals surface area contributed by atoms with E-state index in [9.17, 15) is 0 Å². The van der Waals surface area contributed by atoms with Crippen LogP contribution in [0.25, 0.3) is 0 Å². The molecule has 1 saturated carbocycles. The number of hydrogen-bond acceptors (Lipinski definition) is 4. The van der Waals surface area contributed by atoms with E-state index in [0.717, 1.165) is 25.5 Å². The molecule has 0 radical (unpaired) electrons. The van der Waals surface area contributed by atoms with E-state index in [0.29, 0.717) is 29.5 Å². The lowest BCUT2D eigenvalue weighted by molar-refractivity contribution is 0.0732. The number of nitrogens with zero attached hydrogens (tertiary/aromatic N) is 2. The largest absolute Gasteiger partial charge is 0.475 e. The quantitative estimate of drug-likeness (QED) is 0.405. The molecule has 0 amide bonds. The fourth-order valence-electron chi connectivity index (χ4n) is 2.80. The molecular formula is C17H27ClN4O2.